The number of fused-ring (bicyclic) bond motifs is 3. The topological polar surface area (TPSA) is 34.0 Å². The average Bonchev–Trinajstić information content (AvgIpc) is 2.87. The lowest BCUT2D eigenvalue weighted by atomic mass is 10.1. The molecule has 0 bridgehead atoms. The quantitative estimate of drug-likeness (QED) is 0.663. The van der Waals surface area contributed by atoms with Crippen LogP contribution in [0.4, 0.5) is 5.69 Å². The highest BCUT2D eigenvalue weighted by Gasteiger charge is 2.10. The molecule has 0 unspecified atom stereocenters. The number of benzene rings is 2. The summed E-state index contributed by atoms with van der Waals surface area (Å²) in [6.45, 7) is 7.37. The zero-order valence-electron chi connectivity index (χ0n) is 13.8. The van der Waals surface area contributed by atoms with Gasteiger partial charge in [0, 0.05) is 34.5 Å². The van der Waals surface area contributed by atoms with Crippen LogP contribution in [0.15, 0.2) is 79.4 Å². The van der Waals surface area contributed by atoms with Gasteiger partial charge < -0.3 is 9.88 Å². The van der Waals surface area contributed by atoms with Gasteiger partial charge in [-0.2, -0.15) is 0 Å². The predicted octanol–water partition coefficient (Wildman–Crippen LogP) is 4.96. The van der Waals surface area contributed by atoms with Gasteiger partial charge in [0.2, 0.25) is 5.91 Å². The number of anilines is 1. The van der Waals surface area contributed by atoms with Gasteiger partial charge >= 0.3 is 0 Å². The van der Waals surface area contributed by atoms with Crippen LogP contribution in [-0.4, -0.2) is 10.5 Å². The maximum atomic E-state index is 12.2. The number of aromatic nitrogens is 1. The Morgan fingerprint density at radius 3 is 2.62 bits per heavy atom. The van der Waals surface area contributed by atoms with Crippen molar-refractivity contribution in [2.24, 2.45) is 7.05 Å². The van der Waals surface area contributed by atoms with Crippen molar-refractivity contribution in [3.05, 3.63) is 79.4 Å². The van der Waals surface area contributed by atoms with Crippen molar-refractivity contribution >= 4 is 33.4 Å². The molecule has 3 heteroatoms. The average molecular weight is 316 g/mol. The van der Waals surface area contributed by atoms with Crippen molar-refractivity contribution < 1.29 is 4.79 Å². The molecule has 2 aromatic carbocycles. The summed E-state index contributed by atoms with van der Waals surface area (Å²) in [5, 5.41) is 5.28. The molecular formula is C21H20N2O. The number of hydrogen-bond acceptors (Lipinski definition) is 1. The van der Waals surface area contributed by atoms with E-state index in [2.05, 4.69) is 42.2 Å². The molecule has 3 aromatic rings. The third kappa shape index (κ3) is 2.88. The first-order valence-corrected chi connectivity index (χ1v) is 7.85. The van der Waals surface area contributed by atoms with Crippen LogP contribution in [0.3, 0.4) is 0 Å². The second-order valence-electron chi connectivity index (χ2n) is 5.71. The number of para-hydroxylation sites is 1. The zero-order valence-corrected chi connectivity index (χ0v) is 13.8. The summed E-state index contributed by atoms with van der Waals surface area (Å²) in [6, 6.07) is 14.3. The molecule has 0 radical (unpaired) electrons. The lowest BCUT2D eigenvalue weighted by Crippen LogP contribution is -2.11. The highest BCUT2D eigenvalue weighted by Crippen LogP contribution is 2.30. The van der Waals surface area contributed by atoms with Crippen LogP contribution in [0.25, 0.3) is 21.8 Å². The van der Waals surface area contributed by atoms with E-state index in [1.165, 1.54) is 10.9 Å². The van der Waals surface area contributed by atoms with Gasteiger partial charge in [0.05, 0.1) is 6.42 Å². The van der Waals surface area contributed by atoms with E-state index in [-0.39, 0.29) is 12.3 Å². The van der Waals surface area contributed by atoms with E-state index in [9.17, 15) is 4.79 Å². The largest absolute Gasteiger partial charge is 0.344 e. The number of carbonyl (C=O) groups is 1. The smallest absolute Gasteiger partial charge is 0.228 e. The monoisotopic (exact) mass is 316 g/mol. The molecule has 3 rings (SSSR count). The van der Waals surface area contributed by atoms with Gasteiger partial charge in [0.25, 0.3) is 0 Å². The fraction of sp³-hybridized carbons (Fsp3) is 0.0952. The first-order valence-electron chi connectivity index (χ1n) is 7.85. The van der Waals surface area contributed by atoms with Gasteiger partial charge in [-0.3, -0.25) is 4.79 Å². The van der Waals surface area contributed by atoms with Gasteiger partial charge in [-0.1, -0.05) is 49.6 Å². The summed E-state index contributed by atoms with van der Waals surface area (Å²) in [6.07, 6.45) is 5.41. The van der Waals surface area contributed by atoms with Crippen molar-refractivity contribution in [2.45, 2.75) is 6.42 Å². The number of carbonyl (C=O) groups excluding carboxylic acids is 1. The molecule has 24 heavy (non-hydrogen) atoms. The number of hydrogen-bond donors (Lipinski definition) is 1. The highest BCUT2D eigenvalue weighted by atomic mass is 16.1. The lowest BCUT2D eigenvalue weighted by Gasteiger charge is -2.06. The fourth-order valence-electron chi connectivity index (χ4n) is 2.99. The van der Waals surface area contributed by atoms with Crippen LogP contribution >= 0.6 is 0 Å². The van der Waals surface area contributed by atoms with Crippen LogP contribution in [0.1, 0.15) is 6.42 Å². The summed E-state index contributed by atoms with van der Waals surface area (Å²) < 4.78 is 2.17. The van der Waals surface area contributed by atoms with E-state index in [1.807, 2.05) is 30.3 Å². The molecule has 0 aliphatic rings. The second-order valence-corrected chi connectivity index (χ2v) is 5.71. The van der Waals surface area contributed by atoms with Crippen molar-refractivity contribution in [3.8, 4) is 0 Å². The first-order chi connectivity index (χ1) is 11.6. The van der Waals surface area contributed by atoms with Crippen LogP contribution in [-0.2, 0) is 11.8 Å². The predicted molar refractivity (Wildman–Crippen MR) is 102 cm³/mol. The molecule has 0 atom stereocenters. The van der Waals surface area contributed by atoms with Crippen molar-refractivity contribution in [1.82, 2.24) is 4.57 Å². The Labute approximate surface area is 141 Å². The molecule has 1 N–H and O–H groups in total. The van der Waals surface area contributed by atoms with Crippen LogP contribution < -0.4 is 5.32 Å². The SMILES string of the molecule is C=C/C=C(\C=C)CC(=O)Nc1ccc2c(c1)c1ccccc1n2C. The van der Waals surface area contributed by atoms with Crippen molar-refractivity contribution in [1.29, 1.82) is 0 Å². The molecule has 1 heterocycles. The Morgan fingerprint density at radius 2 is 1.88 bits per heavy atom. The van der Waals surface area contributed by atoms with Crippen LogP contribution in [0, 0.1) is 0 Å². The lowest BCUT2D eigenvalue weighted by molar-refractivity contribution is -0.115. The Hall–Kier alpha value is -3.07. The van der Waals surface area contributed by atoms with E-state index in [4.69, 9.17) is 0 Å². The molecule has 0 aliphatic carbocycles. The van der Waals surface area contributed by atoms with E-state index in [0.717, 1.165) is 22.2 Å². The minimum absolute atomic E-state index is 0.0670. The molecular weight excluding hydrogens is 296 g/mol. The minimum atomic E-state index is -0.0670. The van der Waals surface area contributed by atoms with Crippen LogP contribution in [0.5, 0.6) is 0 Å². The molecule has 1 aromatic heterocycles. The standard InChI is InChI=1S/C21H20N2O/c1-4-8-15(5-2)13-21(24)22-16-11-12-20-18(14-16)17-9-6-7-10-19(17)23(20)3/h4-12,14H,1-2,13H2,3H3,(H,22,24)/b15-8+. The summed E-state index contributed by atoms with van der Waals surface area (Å²) in [5.74, 6) is -0.0670. The number of allylic oxidation sites excluding steroid dienone is 3. The maximum Gasteiger partial charge on any atom is 0.228 e. The van der Waals surface area contributed by atoms with Gasteiger partial charge in [-0.15, -0.1) is 0 Å². The number of nitrogens with one attached hydrogen (secondary N) is 1. The van der Waals surface area contributed by atoms with Crippen molar-refractivity contribution in [3.63, 3.8) is 0 Å². The highest BCUT2D eigenvalue weighted by molar-refractivity contribution is 6.09. The number of nitrogens with zero attached hydrogens (tertiary/aromatic N) is 1. The first kappa shape index (κ1) is 15.8. The van der Waals surface area contributed by atoms with Gasteiger partial charge in [-0.05, 0) is 29.8 Å². The van der Waals surface area contributed by atoms with Crippen LogP contribution in [0.2, 0.25) is 0 Å². The Morgan fingerprint density at radius 1 is 1.12 bits per heavy atom. The third-order valence-electron chi connectivity index (χ3n) is 4.16. The zero-order chi connectivity index (χ0) is 17.1. The summed E-state index contributed by atoms with van der Waals surface area (Å²) in [4.78, 5) is 12.2. The molecule has 3 nitrogen and oxygen atoms in total. The molecule has 0 saturated carbocycles. The van der Waals surface area contributed by atoms with Crippen molar-refractivity contribution in [2.75, 3.05) is 5.32 Å². The van der Waals surface area contributed by atoms with E-state index < -0.39 is 0 Å². The third-order valence-corrected chi connectivity index (χ3v) is 4.16. The number of amides is 1. The Bertz CT molecular complexity index is 976. The molecule has 0 saturated heterocycles. The van der Waals surface area contributed by atoms with Gasteiger partial charge in [0.15, 0.2) is 0 Å². The molecule has 0 spiro atoms. The Balaban J connectivity index is 1.92. The fourth-order valence-corrected chi connectivity index (χ4v) is 2.99. The molecule has 120 valence electrons. The van der Waals surface area contributed by atoms with Gasteiger partial charge in [0.1, 0.15) is 0 Å². The minimum Gasteiger partial charge on any atom is -0.344 e. The number of rotatable bonds is 5. The molecule has 0 fully saturated rings. The summed E-state index contributed by atoms with van der Waals surface area (Å²) >= 11 is 0. The van der Waals surface area contributed by atoms with E-state index >= 15 is 0 Å². The summed E-state index contributed by atoms with van der Waals surface area (Å²) in [7, 11) is 2.05. The normalized spacial score (nSPS) is 11.6. The van der Waals surface area contributed by atoms with E-state index in [0.29, 0.717) is 0 Å². The van der Waals surface area contributed by atoms with Gasteiger partial charge in [-0.25, -0.2) is 0 Å². The molecule has 0 aliphatic heterocycles. The second kappa shape index (κ2) is 6.59. The molecule has 1 amide bonds. The number of aryl methyl sites for hydroxylation is 1. The van der Waals surface area contributed by atoms with E-state index in [1.54, 1.807) is 18.2 Å². The Kier molecular flexibility index (Phi) is 4.34. The summed E-state index contributed by atoms with van der Waals surface area (Å²) in [5.41, 5.74) is 3.96. The maximum absolute atomic E-state index is 12.2.